The third-order valence-corrected chi connectivity index (χ3v) is 3.20. The number of hydrogen-bond acceptors (Lipinski definition) is 5. The number of rotatable bonds is 3. The van der Waals surface area contributed by atoms with Crippen LogP contribution in [0.15, 0.2) is 5.16 Å². The van der Waals surface area contributed by atoms with Crippen molar-refractivity contribution in [2.45, 2.75) is 12.1 Å². The Hall–Kier alpha value is -1.08. The fourth-order valence-electron chi connectivity index (χ4n) is 1.52. The number of piperazine rings is 1. The highest BCUT2D eigenvalue weighted by molar-refractivity contribution is 7.99. The van der Waals surface area contributed by atoms with Gasteiger partial charge in [-0.05, 0) is 6.92 Å². The van der Waals surface area contributed by atoms with Crippen molar-refractivity contribution < 1.29 is 4.79 Å². The molecule has 0 unspecified atom stereocenters. The van der Waals surface area contributed by atoms with Crippen molar-refractivity contribution in [1.82, 2.24) is 25.4 Å². The molecule has 0 bridgehead atoms. The summed E-state index contributed by atoms with van der Waals surface area (Å²) in [5.41, 5.74) is 0. The predicted octanol–water partition coefficient (Wildman–Crippen LogP) is -0.363. The van der Waals surface area contributed by atoms with Crippen LogP contribution in [0, 0.1) is 6.92 Å². The van der Waals surface area contributed by atoms with E-state index < -0.39 is 0 Å². The van der Waals surface area contributed by atoms with Crippen LogP contribution in [-0.4, -0.2) is 57.9 Å². The number of aryl methyl sites for hydroxylation is 1. The molecule has 1 aliphatic heterocycles. The number of carbonyl (C=O) groups excluding carboxylic acids is 1. The molecule has 2 N–H and O–H groups in total. The van der Waals surface area contributed by atoms with E-state index in [1.165, 1.54) is 11.8 Å². The summed E-state index contributed by atoms with van der Waals surface area (Å²) < 4.78 is 0. The molecule has 6 nitrogen and oxygen atoms in total. The van der Waals surface area contributed by atoms with E-state index in [1.807, 2.05) is 11.8 Å². The highest BCUT2D eigenvalue weighted by atomic mass is 32.2. The lowest BCUT2D eigenvalue weighted by atomic mass is 10.3. The molecule has 0 saturated carbocycles. The fourth-order valence-corrected chi connectivity index (χ4v) is 2.27. The van der Waals surface area contributed by atoms with Gasteiger partial charge in [0.25, 0.3) is 0 Å². The molecule has 0 radical (unpaired) electrons. The maximum Gasteiger partial charge on any atom is 0.233 e. The zero-order valence-electron chi connectivity index (χ0n) is 9.19. The van der Waals surface area contributed by atoms with E-state index in [2.05, 4.69) is 20.5 Å². The van der Waals surface area contributed by atoms with Crippen LogP contribution in [0.1, 0.15) is 5.82 Å². The largest absolute Gasteiger partial charge is 0.339 e. The van der Waals surface area contributed by atoms with Gasteiger partial charge in [-0.25, -0.2) is 4.98 Å². The van der Waals surface area contributed by atoms with E-state index in [-0.39, 0.29) is 5.91 Å². The molecule has 2 rings (SSSR count). The lowest BCUT2D eigenvalue weighted by Gasteiger charge is -2.27. The summed E-state index contributed by atoms with van der Waals surface area (Å²) in [4.78, 5) is 17.8. The van der Waals surface area contributed by atoms with Crippen molar-refractivity contribution in [3.8, 4) is 0 Å². The molecular weight excluding hydrogens is 226 g/mol. The van der Waals surface area contributed by atoms with E-state index in [0.29, 0.717) is 10.9 Å². The second-order valence-electron chi connectivity index (χ2n) is 3.62. The molecule has 7 heteroatoms. The van der Waals surface area contributed by atoms with Crippen LogP contribution in [0.4, 0.5) is 0 Å². The Bertz CT molecular complexity index is 361. The van der Waals surface area contributed by atoms with Crippen molar-refractivity contribution in [1.29, 1.82) is 0 Å². The Morgan fingerprint density at radius 3 is 2.88 bits per heavy atom. The zero-order valence-corrected chi connectivity index (χ0v) is 10.0. The van der Waals surface area contributed by atoms with Crippen LogP contribution in [0.3, 0.4) is 0 Å². The van der Waals surface area contributed by atoms with Gasteiger partial charge in [0.05, 0.1) is 5.75 Å². The summed E-state index contributed by atoms with van der Waals surface area (Å²) in [6.45, 7) is 5.21. The number of nitrogens with one attached hydrogen (secondary N) is 2. The molecule has 1 aliphatic rings. The minimum atomic E-state index is 0.161. The van der Waals surface area contributed by atoms with E-state index >= 15 is 0 Å². The normalized spacial score (nSPS) is 16.4. The third kappa shape index (κ3) is 2.96. The molecule has 2 heterocycles. The first-order valence-electron chi connectivity index (χ1n) is 5.26. The zero-order chi connectivity index (χ0) is 11.4. The number of nitrogens with zero attached hydrogens (tertiary/aromatic N) is 3. The average Bonchev–Trinajstić information content (AvgIpc) is 2.73. The van der Waals surface area contributed by atoms with E-state index in [9.17, 15) is 4.79 Å². The fraction of sp³-hybridized carbons (Fsp3) is 0.667. The molecule has 0 atom stereocenters. The van der Waals surface area contributed by atoms with Gasteiger partial charge < -0.3 is 10.2 Å². The predicted molar refractivity (Wildman–Crippen MR) is 61.3 cm³/mol. The van der Waals surface area contributed by atoms with Gasteiger partial charge in [0, 0.05) is 26.2 Å². The molecule has 1 saturated heterocycles. The topological polar surface area (TPSA) is 73.9 Å². The summed E-state index contributed by atoms with van der Waals surface area (Å²) in [6, 6.07) is 0. The first-order chi connectivity index (χ1) is 7.75. The summed E-state index contributed by atoms with van der Waals surface area (Å²) in [6.07, 6.45) is 0. The lowest BCUT2D eigenvalue weighted by Crippen LogP contribution is -2.47. The molecule has 1 fully saturated rings. The molecule has 0 aliphatic carbocycles. The van der Waals surface area contributed by atoms with Gasteiger partial charge in [-0.1, -0.05) is 11.8 Å². The van der Waals surface area contributed by atoms with Crippen LogP contribution in [0.25, 0.3) is 0 Å². The van der Waals surface area contributed by atoms with Gasteiger partial charge >= 0.3 is 0 Å². The quantitative estimate of drug-likeness (QED) is 0.707. The Morgan fingerprint density at radius 1 is 1.50 bits per heavy atom. The molecular formula is C9H15N5OS. The van der Waals surface area contributed by atoms with E-state index in [1.54, 1.807) is 0 Å². The summed E-state index contributed by atoms with van der Waals surface area (Å²) in [5.74, 6) is 1.35. The second-order valence-corrected chi connectivity index (χ2v) is 4.57. The Kier molecular flexibility index (Phi) is 3.79. The average molecular weight is 241 g/mol. The van der Waals surface area contributed by atoms with Gasteiger partial charge in [0.15, 0.2) is 0 Å². The van der Waals surface area contributed by atoms with Crippen molar-refractivity contribution in [2.24, 2.45) is 0 Å². The molecule has 88 valence electrons. The smallest absolute Gasteiger partial charge is 0.233 e. The number of amides is 1. The van der Waals surface area contributed by atoms with Crippen molar-refractivity contribution in [3.63, 3.8) is 0 Å². The van der Waals surface area contributed by atoms with Gasteiger partial charge in [-0.2, -0.15) is 0 Å². The minimum absolute atomic E-state index is 0.161. The lowest BCUT2D eigenvalue weighted by molar-refractivity contribution is -0.128. The second kappa shape index (κ2) is 5.31. The molecule has 0 spiro atoms. The van der Waals surface area contributed by atoms with Gasteiger partial charge in [-0.3, -0.25) is 9.89 Å². The highest BCUT2D eigenvalue weighted by Gasteiger charge is 2.16. The first kappa shape index (κ1) is 11.4. The summed E-state index contributed by atoms with van der Waals surface area (Å²) >= 11 is 1.38. The van der Waals surface area contributed by atoms with E-state index in [4.69, 9.17) is 0 Å². The van der Waals surface area contributed by atoms with Crippen LogP contribution in [-0.2, 0) is 4.79 Å². The number of hydrogen-bond donors (Lipinski definition) is 2. The van der Waals surface area contributed by atoms with Crippen LogP contribution in [0.5, 0.6) is 0 Å². The van der Waals surface area contributed by atoms with Crippen molar-refractivity contribution in [3.05, 3.63) is 5.82 Å². The van der Waals surface area contributed by atoms with Crippen LogP contribution in [0.2, 0.25) is 0 Å². The maximum absolute atomic E-state index is 11.8. The standard InChI is InChI=1S/C9H15N5OS/c1-7-11-9(13-12-7)16-6-8(15)14-4-2-10-3-5-14/h10H,2-6H2,1H3,(H,11,12,13). The molecule has 1 amide bonds. The molecule has 0 aromatic carbocycles. The summed E-state index contributed by atoms with van der Waals surface area (Å²) in [5, 5.41) is 10.6. The monoisotopic (exact) mass is 241 g/mol. The number of aromatic nitrogens is 3. The van der Waals surface area contributed by atoms with Gasteiger partial charge in [0.2, 0.25) is 11.1 Å². The van der Waals surface area contributed by atoms with Crippen molar-refractivity contribution in [2.75, 3.05) is 31.9 Å². The van der Waals surface area contributed by atoms with Crippen LogP contribution < -0.4 is 5.32 Å². The Morgan fingerprint density at radius 2 is 2.25 bits per heavy atom. The molecule has 16 heavy (non-hydrogen) atoms. The molecule has 1 aromatic heterocycles. The number of H-pyrrole nitrogens is 1. The Labute approximate surface area is 98.2 Å². The third-order valence-electron chi connectivity index (χ3n) is 2.37. The SMILES string of the molecule is Cc1nc(SCC(=O)N2CCNCC2)n[nH]1. The van der Waals surface area contributed by atoms with E-state index in [0.717, 1.165) is 32.0 Å². The number of aromatic amines is 1. The maximum atomic E-state index is 11.8. The van der Waals surface area contributed by atoms with Crippen LogP contribution >= 0.6 is 11.8 Å². The highest BCUT2D eigenvalue weighted by Crippen LogP contribution is 2.12. The minimum Gasteiger partial charge on any atom is -0.339 e. The summed E-state index contributed by atoms with van der Waals surface area (Å²) in [7, 11) is 0. The molecule has 1 aromatic rings. The van der Waals surface area contributed by atoms with Crippen molar-refractivity contribution >= 4 is 17.7 Å². The Balaban J connectivity index is 1.78. The van der Waals surface area contributed by atoms with Gasteiger partial charge in [0.1, 0.15) is 5.82 Å². The first-order valence-corrected chi connectivity index (χ1v) is 6.24. The number of carbonyl (C=O) groups is 1. The number of thioether (sulfide) groups is 1. The van der Waals surface area contributed by atoms with Gasteiger partial charge in [-0.15, -0.1) is 5.10 Å².